The quantitative estimate of drug-likeness (QED) is 0.773. The molecular formula is C16H16N4O. The Morgan fingerprint density at radius 3 is 2.67 bits per heavy atom. The summed E-state index contributed by atoms with van der Waals surface area (Å²) in [6.45, 7) is 2.04. The van der Waals surface area contributed by atoms with Crippen molar-refractivity contribution in [2.24, 2.45) is 0 Å². The number of aromatic amines is 1. The lowest BCUT2D eigenvalue weighted by atomic mass is 10.1. The lowest BCUT2D eigenvalue weighted by Gasteiger charge is -2.09. The van der Waals surface area contributed by atoms with Crippen molar-refractivity contribution >= 4 is 5.95 Å². The van der Waals surface area contributed by atoms with Gasteiger partial charge in [0.15, 0.2) is 0 Å². The number of nitrogens with zero attached hydrogens (tertiary/aromatic N) is 2. The zero-order valence-electron chi connectivity index (χ0n) is 11.9. The minimum atomic E-state index is 0.265. The number of H-pyrrole nitrogens is 1. The Morgan fingerprint density at radius 2 is 1.90 bits per heavy atom. The molecule has 21 heavy (non-hydrogen) atoms. The molecule has 0 radical (unpaired) electrons. The third kappa shape index (κ3) is 2.45. The molecule has 0 aliphatic heterocycles. The number of ether oxygens (including phenoxy) is 1. The van der Waals surface area contributed by atoms with Gasteiger partial charge in [-0.1, -0.05) is 12.1 Å². The van der Waals surface area contributed by atoms with Crippen molar-refractivity contribution in [1.82, 2.24) is 15.0 Å². The van der Waals surface area contributed by atoms with Gasteiger partial charge in [0, 0.05) is 23.0 Å². The first-order valence-electron chi connectivity index (χ1n) is 6.61. The molecule has 1 aromatic carbocycles. The van der Waals surface area contributed by atoms with Crippen molar-refractivity contribution in [2.45, 2.75) is 6.92 Å². The minimum Gasteiger partial charge on any atom is -0.496 e. The molecule has 0 atom stereocenters. The second-order valence-corrected chi connectivity index (χ2v) is 4.72. The average molecular weight is 280 g/mol. The van der Waals surface area contributed by atoms with Gasteiger partial charge in [-0.05, 0) is 31.2 Å². The van der Waals surface area contributed by atoms with Crippen LogP contribution in [0.4, 0.5) is 5.95 Å². The zero-order valence-corrected chi connectivity index (χ0v) is 11.9. The normalized spacial score (nSPS) is 10.6. The molecule has 5 heteroatoms. The smallest absolute Gasteiger partial charge is 0.220 e. The maximum absolute atomic E-state index is 5.62. The van der Waals surface area contributed by atoms with Crippen molar-refractivity contribution in [2.75, 3.05) is 12.8 Å². The van der Waals surface area contributed by atoms with Crippen molar-refractivity contribution < 1.29 is 4.74 Å². The number of hydrogen-bond acceptors (Lipinski definition) is 4. The molecule has 5 nitrogen and oxygen atoms in total. The monoisotopic (exact) mass is 280 g/mol. The predicted octanol–water partition coefficient (Wildman–Crippen LogP) is 3.04. The standard InChI is InChI=1S/C16H16N4O/c1-10-11(4-3-5-15(10)21-2)12-6-7-13(19-12)14-8-9-18-16(17)20-14/h3-9,19H,1-2H3,(H2,17,18,20). The van der Waals surface area contributed by atoms with Gasteiger partial charge in [-0.3, -0.25) is 0 Å². The van der Waals surface area contributed by atoms with Crippen LogP contribution in [0, 0.1) is 6.92 Å². The maximum Gasteiger partial charge on any atom is 0.220 e. The van der Waals surface area contributed by atoms with Crippen LogP contribution in [0.25, 0.3) is 22.6 Å². The lowest BCUT2D eigenvalue weighted by Crippen LogP contribution is -1.95. The number of anilines is 1. The van der Waals surface area contributed by atoms with Crippen LogP contribution in [0.5, 0.6) is 5.75 Å². The van der Waals surface area contributed by atoms with E-state index in [1.165, 1.54) is 0 Å². The van der Waals surface area contributed by atoms with E-state index < -0.39 is 0 Å². The highest BCUT2D eigenvalue weighted by Gasteiger charge is 2.10. The summed E-state index contributed by atoms with van der Waals surface area (Å²) >= 11 is 0. The molecule has 0 amide bonds. The van der Waals surface area contributed by atoms with Crippen LogP contribution in [0.1, 0.15) is 5.56 Å². The number of rotatable bonds is 3. The van der Waals surface area contributed by atoms with Gasteiger partial charge in [0.1, 0.15) is 5.75 Å². The summed E-state index contributed by atoms with van der Waals surface area (Å²) in [7, 11) is 1.68. The highest BCUT2D eigenvalue weighted by Crippen LogP contribution is 2.30. The first-order valence-corrected chi connectivity index (χ1v) is 6.61. The predicted molar refractivity (Wildman–Crippen MR) is 83.0 cm³/mol. The van der Waals surface area contributed by atoms with Crippen LogP contribution >= 0.6 is 0 Å². The van der Waals surface area contributed by atoms with Gasteiger partial charge in [-0.15, -0.1) is 0 Å². The fourth-order valence-electron chi connectivity index (χ4n) is 2.35. The van der Waals surface area contributed by atoms with E-state index in [0.29, 0.717) is 0 Å². The number of nitrogen functional groups attached to an aromatic ring is 1. The summed E-state index contributed by atoms with van der Waals surface area (Å²) in [6, 6.07) is 11.8. The Balaban J connectivity index is 2.03. The summed E-state index contributed by atoms with van der Waals surface area (Å²) in [5.41, 5.74) is 10.5. The molecule has 2 heterocycles. The van der Waals surface area contributed by atoms with E-state index in [0.717, 1.165) is 34.0 Å². The van der Waals surface area contributed by atoms with Gasteiger partial charge in [0.05, 0.1) is 18.5 Å². The Hall–Kier alpha value is -2.82. The molecule has 3 N–H and O–H groups in total. The molecule has 0 bridgehead atoms. The van der Waals surface area contributed by atoms with Crippen molar-refractivity contribution in [3.63, 3.8) is 0 Å². The van der Waals surface area contributed by atoms with Gasteiger partial charge in [-0.2, -0.15) is 0 Å². The SMILES string of the molecule is COc1cccc(-c2ccc(-c3ccnc(N)n3)[nH]2)c1C. The van der Waals surface area contributed by atoms with Crippen LogP contribution in [0.15, 0.2) is 42.6 Å². The molecular weight excluding hydrogens is 264 g/mol. The van der Waals surface area contributed by atoms with Gasteiger partial charge in [-0.25, -0.2) is 9.97 Å². The summed E-state index contributed by atoms with van der Waals surface area (Å²) < 4.78 is 5.36. The second kappa shape index (κ2) is 5.28. The molecule has 0 aliphatic carbocycles. The average Bonchev–Trinajstić information content (AvgIpc) is 2.97. The number of nitrogens with two attached hydrogens (primary N) is 1. The number of hydrogen-bond donors (Lipinski definition) is 2. The summed E-state index contributed by atoms with van der Waals surface area (Å²) in [5, 5.41) is 0. The molecule has 106 valence electrons. The number of aromatic nitrogens is 3. The third-order valence-electron chi connectivity index (χ3n) is 3.43. The Morgan fingerprint density at radius 1 is 1.10 bits per heavy atom. The van der Waals surface area contributed by atoms with Crippen LogP contribution in [0.2, 0.25) is 0 Å². The van der Waals surface area contributed by atoms with Gasteiger partial charge in [0.2, 0.25) is 5.95 Å². The lowest BCUT2D eigenvalue weighted by molar-refractivity contribution is 0.412. The summed E-state index contributed by atoms with van der Waals surface area (Å²) in [6.07, 6.45) is 1.65. The Kier molecular flexibility index (Phi) is 3.31. The Labute approximate surface area is 122 Å². The largest absolute Gasteiger partial charge is 0.496 e. The van der Waals surface area contributed by atoms with E-state index in [4.69, 9.17) is 10.5 Å². The molecule has 0 spiro atoms. The molecule has 2 aromatic heterocycles. The Bertz CT molecular complexity index is 779. The molecule has 0 aliphatic rings. The van der Waals surface area contributed by atoms with E-state index in [-0.39, 0.29) is 5.95 Å². The maximum atomic E-state index is 5.62. The summed E-state index contributed by atoms with van der Waals surface area (Å²) in [4.78, 5) is 11.5. The fraction of sp³-hybridized carbons (Fsp3) is 0.125. The number of methoxy groups -OCH3 is 1. The third-order valence-corrected chi connectivity index (χ3v) is 3.43. The van der Waals surface area contributed by atoms with E-state index in [2.05, 4.69) is 21.0 Å². The van der Waals surface area contributed by atoms with Crippen molar-refractivity contribution in [3.05, 3.63) is 48.2 Å². The minimum absolute atomic E-state index is 0.265. The van der Waals surface area contributed by atoms with Crippen molar-refractivity contribution in [1.29, 1.82) is 0 Å². The molecule has 0 fully saturated rings. The van der Waals surface area contributed by atoms with Gasteiger partial charge >= 0.3 is 0 Å². The van der Waals surface area contributed by atoms with E-state index in [1.807, 2.05) is 37.3 Å². The molecule has 3 aromatic rings. The molecule has 3 rings (SSSR count). The van der Waals surface area contributed by atoms with Gasteiger partial charge < -0.3 is 15.5 Å². The highest BCUT2D eigenvalue weighted by atomic mass is 16.5. The second-order valence-electron chi connectivity index (χ2n) is 4.72. The van der Waals surface area contributed by atoms with E-state index in [9.17, 15) is 0 Å². The molecule has 0 saturated carbocycles. The van der Waals surface area contributed by atoms with E-state index >= 15 is 0 Å². The zero-order chi connectivity index (χ0) is 14.8. The number of nitrogens with one attached hydrogen (secondary N) is 1. The van der Waals surface area contributed by atoms with Crippen LogP contribution < -0.4 is 10.5 Å². The highest BCUT2D eigenvalue weighted by molar-refractivity contribution is 5.70. The first kappa shape index (κ1) is 13.2. The first-order chi connectivity index (χ1) is 10.2. The van der Waals surface area contributed by atoms with Crippen LogP contribution in [-0.2, 0) is 0 Å². The topological polar surface area (TPSA) is 76.8 Å². The van der Waals surface area contributed by atoms with Gasteiger partial charge in [0.25, 0.3) is 0 Å². The number of benzene rings is 1. The molecule has 0 saturated heterocycles. The van der Waals surface area contributed by atoms with Crippen molar-refractivity contribution in [3.8, 4) is 28.4 Å². The molecule has 0 unspecified atom stereocenters. The van der Waals surface area contributed by atoms with E-state index in [1.54, 1.807) is 13.3 Å². The summed E-state index contributed by atoms with van der Waals surface area (Å²) in [5.74, 6) is 1.14. The van der Waals surface area contributed by atoms with Crippen LogP contribution in [-0.4, -0.2) is 22.1 Å². The van der Waals surface area contributed by atoms with Crippen LogP contribution in [0.3, 0.4) is 0 Å². The fourth-order valence-corrected chi connectivity index (χ4v) is 2.35.